The van der Waals surface area contributed by atoms with Gasteiger partial charge in [0.1, 0.15) is 11.5 Å². The van der Waals surface area contributed by atoms with Crippen molar-refractivity contribution in [3.8, 4) is 11.5 Å². The number of nitrogens with one attached hydrogen (secondary N) is 1. The van der Waals surface area contributed by atoms with E-state index in [-0.39, 0.29) is 18.1 Å². The quantitative estimate of drug-likeness (QED) is 0.202. The Bertz CT molecular complexity index is 1580. The van der Waals surface area contributed by atoms with E-state index in [2.05, 4.69) is 23.7 Å². The van der Waals surface area contributed by atoms with Gasteiger partial charge in [-0.3, -0.25) is 4.79 Å². The molecule has 1 N–H and O–H groups in total. The number of benzene rings is 3. The third kappa shape index (κ3) is 6.85. The van der Waals surface area contributed by atoms with Gasteiger partial charge in [0, 0.05) is 33.7 Å². The summed E-state index contributed by atoms with van der Waals surface area (Å²) in [6.45, 7) is 12.2. The number of amides is 1. The lowest BCUT2D eigenvalue weighted by Gasteiger charge is -2.17. The summed E-state index contributed by atoms with van der Waals surface area (Å²) in [6, 6.07) is 18.7. The Hall–Kier alpha value is -3.97. The van der Waals surface area contributed by atoms with Gasteiger partial charge in [0.15, 0.2) is 6.10 Å². The van der Waals surface area contributed by atoms with Gasteiger partial charge in [0.2, 0.25) is 0 Å². The number of hydrogen-bond donors (Lipinski definition) is 1. The first kappa shape index (κ1) is 30.0. The summed E-state index contributed by atoms with van der Waals surface area (Å²) in [5.41, 5.74) is 5.56. The number of nitrogens with zero attached hydrogens (tertiary/aromatic N) is 1. The van der Waals surface area contributed by atoms with Crippen molar-refractivity contribution in [3.63, 3.8) is 0 Å². The number of esters is 1. The SMILES string of the molecule is COC(=O)[C@H](C)Oc1ccc(Cl)c(Cn2c(C)c(C)c3cc(C(=O)N[C@@H](C)c4cccc(OC(C)C)c4)ccc32)c1. The van der Waals surface area contributed by atoms with Crippen LogP contribution in [-0.4, -0.2) is 35.8 Å². The van der Waals surface area contributed by atoms with Gasteiger partial charge in [0.05, 0.1) is 19.3 Å². The molecule has 4 rings (SSSR count). The highest BCUT2D eigenvalue weighted by molar-refractivity contribution is 6.31. The summed E-state index contributed by atoms with van der Waals surface area (Å²) in [7, 11) is 1.33. The molecule has 7 nitrogen and oxygen atoms in total. The molecule has 0 radical (unpaired) electrons. The van der Waals surface area contributed by atoms with E-state index in [0.29, 0.717) is 22.9 Å². The summed E-state index contributed by atoms with van der Waals surface area (Å²) in [6.07, 6.45) is -0.667. The third-order valence-corrected chi connectivity index (χ3v) is 7.54. The highest BCUT2D eigenvalue weighted by Gasteiger charge is 2.19. The molecule has 1 amide bonds. The van der Waals surface area contributed by atoms with E-state index < -0.39 is 12.1 Å². The van der Waals surface area contributed by atoms with Crippen molar-refractivity contribution >= 4 is 34.4 Å². The minimum atomic E-state index is -0.741. The molecule has 1 heterocycles. The Morgan fingerprint density at radius 2 is 1.66 bits per heavy atom. The van der Waals surface area contributed by atoms with Crippen LogP contribution < -0.4 is 14.8 Å². The minimum absolute atomic E-state index is 0.0736. The van der Waals surface area contributed by atoms with Crippen molar-refractivity contribution in [1.82, 2.24) is 9.88 Å². The first-order valence-corrected chi connectivity index (χ1v) is 14.1. The molecule has 0 unspecified atom stereocenters. The number of aryl methyl sites for hydroxylation is 1. The lowest BCUT2D eigenvalue weighted by molar-refractivity contribution is -0.147. The van der Waals surface area contributed by atoms with Gasteiger partial charge in [0.25, 0.3) is 5.91 Å². The van der Waals surface area contributed by atoms with E-state index >= 15 is 0 Å². The van der Waals surface area contributed by atoms with Crippen molar-refractivity contribution in [2.75, 3.05) is 7.11 Å². The maximum Gasteiger partial charge on any atom is 0.346 e. The summed E-state index contributed by atoms with van der Waals surface area (Å²) in [5, 5.41) is 4.70. The van der Waals surface area contributed by atoms with Crippen LogP contribution in [-0.2, 0) is 16.1 Å². The van der Waals surface area contributed by atoms with Gasteiger partial charge in [-0.25, -0.2) is 4.79 Å². The Kier molecular flexibility index (Phi) is 9.28. The van der Waals surface area contributed by atoms with Gasteiger partial charge in [-0.1, -0.05) is 23.7 Å². The molecule has 41 heavy (non-hydrogen) atoms. The average molecular weight is 577 g/mol. The maximum atomic E-state index is 13.3. The molecule has 4 aromatic rings. The van der Waals surface area contributed by atoms with Crippen LogP contribution in [0.3, 0.4) is 0 Å². The monoisotopic (exact) mass is 576 g/mol. The van der Waals surface area contributed by atoms with E-state index in [0.717, 1.165) is 39.0 Å². The number of rotatable bonds is 10. The Morgan fingerprint density at radius 1 is 0.927 bits per heavy atom. The molecule has 216 valence electrons. The first-order valence-electron chi connectivity index (χ1n) is 13.7. The molecule has 0 saturated heterocycles. The van der Waals surface area contributed by atoms with Crippen molar-refractivity contribution in [2.45, 2.75) is 66.3 Å². The minimum Gasteiger partial charge on any atom is -0.491 e. The molecular formula is C33H37ClN2O5. The second-order valence-corrected chi connectivity index (χ2v) is 10.9. The second kappa shape index (κ2) is 12.7. The molecule has 8 heteroatoms. The van der Waals surface area contributed by atoms with Crippen LogP contribution in [0.25, 0.3) is 10.9 Å². The fraction of sp³-hybridized carbons (Fsp3) is 0.333. The zero-order chi connectivity index (χ0) is 29.8. The number of carbonyl (C=O) groups is 2. The van der Waals surface area contributed by atoms with Crippen LogP contribution >= 0.6 is 11.6 Å². The summed E-state index contributed by atoms with van der Waals surface area (Å²) < 4.78 is 18.5. The van der Waals surface area contributed by atoms with Gasteiger partial charge >= 0.3 is 5.97 Å². The fourth-order valence-electron chi connectivity index (χ4n) is 4.82. The number of aromatic nitrogens is 1. The molecule has 1 aromatic heterocycles. The van der Waals surface area contributed by atoms with Crippen molar-refractivity contribution in [3.05, 3.63) is 93.6 Å². The van der Waals surface area contributed by atoms with Gasteiger partial charge in [-0.2, -0.15) is 0 Å². The Labute approximate surface area is 246 Å². The molecule has 0 bridgehead atoms. The normalized spacial score (nSPS) is 12.7. The molecule has 0 spiro atoms. The highest BCUT2D eigenvalue weighted by atomic mass is 35.5. The first-order chi connectivity index (χ1) is 19.5. The van der Waals surface area contributed by atoms with Crippen LogP contribution in [0.1, 0.15) is 66.5 Å². The predicted octanol–water partition coefficient (Wildman–Crippen LogP) is 7.18. The summed E-state index contributed by atoms with van der Waals surface area (Å²) in [5.74, 6) is 0.712. The van der Waals surface area contributed by atoms with Gasteiger partial charge in [-0.05, 0) is 107 Å². The standard InChI is InChI=1S/C33H37ClN2O5/c1-19(2)40-27-10-8-9-24(15-27)21(4)35-32(37)25-11-14-31-29(17-25)20(3)22(5)36(31)18-26-16-28(12-13-30(26)34)41-23(6)33(38)39-7/h8-17,19,21,23H,18H2,1-7H3,(H,35,37)/t21-,23-/m0/s1. The van der Waals surface area contributed by atoms with Crippen molar-refractivity contribution in [2.24, 2.45) is 0 Å². The lowest BCUT2D eigenvalue weighted by atomic mass is 10.1. The van der Waals surface area contributed by atoms with Crippen LogP contribution in [0, 0.1) is 13.8 Å². The zero-order valence-corrected chi connectivity index (χ0v) is 25.3. The maximum absolute atomic E-state index is 13.3. The predicted molar refractivity (Wildman–Crippen MR) is 162 cm³/mol. The number of ether oxygens (including phenoxy) is 3. The fourth-order valence-corrected chi connectivity index (χ4v) is 5.00. The molecule has 0 aliphatic heterocycles. The molecule has 0 fully saturated rings. The molecule has 3 aromatic carbocycles. The van der Waals surface area contributed by atoms with Crippen LogP contribution in [0.4, 0.5) is 0 Å². The van der Waals surface area contributed by atoms with E-state index in [4.69, 9.17) is 25.8 Å². The lowest BCUT2D eigenvalue weighted by Crippen LogP contribution is -2.26. The Balaban J connectivity index is 1.56. The van der Waals surface area contributed by atoms with E-state index in [1.165, 1.54) is 7.11 Å². The number of fused-ring (bicyclic) bond motifs is 1. The molecule has 0 saturated carbocycles. The molecule has 0 aliphatic carbocycles. The summed E-state index contributed by atoms with van der Waals surface area (Å²) >= 11 is 6.56. The summed E-state index contributed by atoms with van der Waals surface area (Å²) in [4.78, 5) is 25.1. The van der Waals surface area contributed by atoms with E-state index in [1.807, 2.05) is 69.3 Å². The van der Waals surface area contributed by atoms with Gasteiger partial charge < -0.3 is 24.1 Å². The molecular weight excluding hydrogens is 540 g/mol. The number of carbonyl (C=O) groups excluding carboxylic acids is 2. The average Bonchev–Trinajstić information content (AvgIpc) is 3.18. The smallest absolute Gasteiger partial charge is 0.346 e. The largest absolute Gasteiger partial charge is 0.491 e. The number of hydrogen-bond acceptors (Lipinski definition) is 5. The van der Waals surface area contributed by atoms with Crippen molar-refractivity contribution < 1.29 is 23.8 Å². The van der Waals surface area contributed by atoms with Crippen molar-refractivity contribution in [1.29, 1.82) is 0 Å². The van der Waals surface area contributed by atoms with E-state index in [9.17, 15) is 9.59 Å². The van der Waals surface area contributed by atoms with Crippen LogP contribution in [0.5, 0.6) is 11.5 Å². The molecule has 2 atom stereocenters. The second-order valence-electron chi connectivity index (χ2n) is 10.5. The van der Waals surface area contributed by atoms with E-state index in [1.54, 1.807) is 19.1 Å². The zero-order valence-electron chi connectivity index (χ0n) is 24.6. The van der Waals surface area contributed by atoms with Gasteiger partial charge in [-0.15, -0.1) is 0 Å². The number of halogens is 1. The topological polar surface area (TPSA) is 78.8 Å². The van der Waals surface area contributed by atoms with Crippen LogP contribution in [0.15, 0.2) is 60.7 Å². The third-order valence-electron chi connectivity index (χ3n) is 7.17. The van der Waals surface area contributed by atoms with Crippen LogP contribution in [0.2, 0.25) is 5.02 Å². The Morgan fingerprint density at radius 3 is 2.37 bits per heavy atom. The number of methoxy groups -OCH3 is 1. The highest BCUT2D eigenvalue weighted by Crippen LogP contribution is 2.30. The molecule has 0 aliphatic rings.